The summed E-state index contributed by atoms with van der Waals surface area (Å²) in [5.74, 6) is 2.71. The molecule has 0 saturated heterocycles. The van der Waals surface area contributed by atoms with E-state index in [1.165, 1.54) is 102 Å². The van der Waals surface area contributed by atoms with E-state index in [2.05, 4.69) is 63.9 Å². The summed E-state index contributed by atoms with van der Waals surface area (Å²) in [7, 11) is 18.0. The normalized spacial score (nSPS) is 11.8. The second kappa shape index (κ2) is 21.8. The molecule has 0 aliphatic carbocycles. The summed E-state index contributed by atoms with van der Waals surface area (Å²) >= 11 is 0. The van der Waals surface area contributed by atoms with Crippen molar-refractivity contribution in [1.29, 1.82) is 0 Å². The first-order valence-corrected chi connectivity index (χ1v) is 13.5. The lowest BCUT2D eigenvalue weighted by Crippen LogP contribution is -3.00. The summed E-state index contributed by atoms with van der Waals surface area (Å²) in [4.78, 5) is 0. The zero-order valence-corrected chi connectivity index (χ0v) is 24.6. The minimum absolute atomic E-state index is 0. The lowest BCUT2D eigenvalue weighted by atomic mass is 10.1. The van der Waals surface area contributed by atoms with Gasteiger partial charge in [-0.3, -0.25) is 0 Å². The lowest BCUT2D eigenvalue weighted by Gasteiger charge is -2.23. The van der Waals surface area contributed by atoms with Crippen LogP contribution in [0.5, 0.6) is 0 Å². The van der Waals surface area contributed by atoms with Gasteiger partial charge in [-0.15, -0.1) is 0 Å². The molecule has 0 rings (SSSR count). The molecule has 0 aromatic carbocycles. The van der Waals surface area contributed by atoms with Crippen LogP contribution in [0.3, 0.4) is 0 Å². The number of unbranched alkanes of at least 4 members (excludes halogenated alkanes) is 10. The zero-order valence-electron chi connectivity index (χ0n) is 19.8. The molecule has 174 valence electrons. The van der Waals surface area contributed by atoms with Crippen LogP contribution in [0.4, 0.5) is 0 Å². The molecule has 0 atom stereocenters. The molecule has 0 saturated carbocycles. The second-order valence-corrected chi connectivity index (χ2v) is 12.6. The van der Waals surface area contributed by atoms with Gasteiger partial charge in [0, 0.05) is 11.5 Å². The summed E-state index contributed by atoms with van der Waals surface area (Å²) in [5.41, 5.74) is 0. The monoisotopic (exact) mass is 564 g/mol. The van der Waals surface area contributed by atoms with Crippen molar-refractivity contribution in [3.63, 3.8) is 0 Å². The summed E-state index contributed by atoms with van der Waals surface area (Å²) in [6.45, 7) is 2.64. The van der Waals surface area contributed by atoms with Gasteiger partial charge >= 0.3 is 0 Å². The van der Waals surface area contributed by atoms with Crippen LogP contribution in [0.15, 0.2) is 0 Å². The minimum Gasteiger partial charge on any atom is -1.00 e. The van der Waals surface area contributed by atoms with Crippen molar-refractivity contribution in [1.82, 2.24) is 0 Å². The predicted octanol–water partition coefficient (Wildman–Crippen LogP) is 0.469. The van der Waals surface area contributed by atoms with Crippen LogP contribution in [0.25, 0.3) is 0 Å². The molecule has 0 amide bonds. The number of halogens is 2. The number of nitrogens with zero attached hydrogens (tertiary/aromatic N) is 2. The van der Waals surface area contributed by atoms with Gasteiger partial charge in [0.05, 0.1) is 55.4 Å². The molecule has 0 bridgehead atoms. The molecule has 0 N–H and O–H groups in total. The highest BCUT2D eigenvalue weighted by Crippen LogP contribution is 2.24. The first kappa shape index (κ1) is 34.2. The minimum atomic E-state index is 0. The van der Waals surface area contributed by atoms with Gasteiger partial charge in [-0.2, -0.15) is 0 Å². The topological polar surface area (TPSA) is 0 Å². The van der Waals surface area contributed by atoms with E-state index in [9.17, 15) is 0 Å². The van der Waals surface area contributed by atoms with E-state index in [0.29, 0.717) is 0 Å². The largest absolute Gasteiger partial charge is 1.00 e. The van der Waals surface area contributed by atoms with E-state index >= 15 is 0 Å². The number of hydrogen-bond acceptors (Lipinski definition) is 2. The SMILES string of the molecule is C[N+](C)(C)CCCCCCCCSSCCCCCCCC[N+](C)(C)C.[Br-].[Br-]. The average molecular weight is 567 g/mol. The molecule has 0 aromatic rings. The molecule has 6 heteroatoms. The Morgan fingerprint density at radius 2 is 0.643 bits per heavy atom. The van der Waals surface area contributed by atoms with Crippen LogP contribution in [-0.4, -0.2) is 75.8 Å². The van der Waals surface area contributed by atoms with Crippen molar-refractivity contribution >= 4 is 21.6 Å². The fraction of sp³-hybridized carbons (Fsp3) is 1.00. The van der Waals surface area contributed by atoms with E-state index in [0.717, 1.165) is 8.97 Å². The van der Waals surface area contributed by atoms with Gasteiger partial charge in [0.2, 0.25) is 0 Å². The van der Waals surface area contributed by atoms with Crippen molar-refractivity contribution in [2.75, 3.05) is 66.9 Å². The zero-order chi connectivity index (χ0) is 19.7. The number of quaternary nitrogens is 2. The van der Waals surface area contributed by atoms with E-state index in [1.807, 2.05) is 0 Å². The molecule has 0 radical (unpaired) electrons. The van der Waals surface area contributed by atoms with Crippen LogP contribution >= 0.6 is 21.6 Å². The Bertz CT molecular complexity index is 276. The lowest BCUT2D eigenvalue weighted by molar-refractivity contribution is -0.870. The molecular formula is C22H50Br2N2S2. The molecular weight excluding hydrogens is 516 g/mol. The van der Waals surface area contributed by atoms with Gasteiger partial charge in [0.1, 0.15) is 0 Å². The van der Waals surface area contributed by atoms with Crippen LogP contribution < -0.4 is 34.0 Å². The molecule has 0 unspecified atom stereocenters. The van der Waals surface area contributed by atoms with Crippen molar-refractivity contribution in [2.45, 2.75) is 77.0 Å². The van der Waals surface area contributed by atoms with Crippen LogP contribution in [0.2, 0.25) is 0 Å². The second-order valence-electron chi connectivity index (χ2n) is 9.91. The van der Waals surface area contributed by atoms with Crippen LogP contribution in [-0.2, 0) is 0 Å². The molecule has 0 aromatic heterocycles. The van der Waals surface area contributed by atoms with Gasteiger partial charge in [0.25, 0.3) is 0 Å². The van der Waals surface area contributed by atoms with Crippen LogP contribution in [0, 0.1) is 0 Å². The van der Waals surface area contributed by atoms with Gasteiger partial charge in [-0.25, -0.2) is 0 Å². The Balaban J connectivity index is -0.00000312. The smallest absolute Gasteiger partial charge is 0.0780 e. The highest BCUT2D eigenvalue weighted by molar-refractivity contribution is 8.76. The molecule has 0 aliphatic heterocycles. The molecule has 28 heavy (non-hydrogen) atoms. The van der Waals surface area contributed by atoms with Gasteiger partial charge in [0.15, 0.2) is 0 Å². The summed E-state index contributed by atoms with van der Waals surface area (Å²) in [6.07, 6.45) is 17.1. The van der Waals surface area contributed by atoms with E-state index < -0.39 is 0 Å². The van der Waals surface area contributed by atoms with E-state index in [-0.39, 0.29) is 34.0 Å². The van der Waals surface area contributed by atoms with Gasteiger partial charge in [-0.05, 0) is 38.5 Å². The molecule has 0 fully saturated rings. The third kappa shape index (κ3) is 32.3. The molecule has 0 aliphatic rings. The van der Waals surface area contributed by atoms with Gasteiger partial charge < -0.3 is 42.9 Å². The number of hydrogen-bond donors (Lipinski definition) is 0. The highest BCUT2D eigenvalue weighted by atomic mass is 79.9. The Labute approximate surface area is 207 Å². The standard InChI is InChI=1S/C22H50N2S2.2BrH/c1-23(2,3)19-15-11-7-9-13-17-21-25-26-22-18-14-10-8-12-16-20-24(4,5)6;;/h7-22H2,1-6H3;2*1H/q+2;;/p-2. The van der Waals surface area contributed by atoms with E-state index in [4.69, 9.17) is 0 Å². The third-order valence-electron chi connectivity index (χ3n) is 4.70. The number of rotatable bonds is 19. The summed E-state index contributed by atoms with van der Waals surface area (Å²) in [6, 6.07) is 0. The fourth-order valence-electron chi connectivity index (χ4n) is 3.03. The van der Waals surface area contributed by atoms with E-state index in [1.54, 1.807) is 0 Å². The fourth-order valence-corrected chi connectivity index (χ4v) is 5.32. The Morgan fingerprint density at radius 1 is 0.393 bits per heavy atom. The average Bonchev–Trinajstić information content (AvgIpc) is 2.51. The summed E-state index contributed by atoms with van der Waals surface area (Å²) < 4.78 is 2.23. The predicted molar refractivity (Wildman–Crippen MR) is 126 cm³/mol. The van der Waals surface area contributed by atoms with Crippen molar-refractivity contribution in [3.05, 3.63) is 0 Å². The molecule has 2 nitrogen and oxygen atoms in total. The molecule has 0 spiro atoms. The Hall–Kier alpha value is 1.58. The Morgan fingerprint density at radius 3 is 0.929 bits per heavy atom. The summed E-state index contributed by atoms with van der Waals surface area (Å²) in [5, 5.41) is 0. The Kier molecular flexibility index (Phi) is 26.6. The van der Waals surface area contributed by atoms with Crippen LogP contribution in [0.1, 0.15) is 77.0 Å². The quantitative estimate of drug-likeness (QED) is 0.127. The van der Waals surface area contributed by atoms with Crippen molar-refractivity contribution in [3.8, 4) is 0 Å². The maximum absolute atomic E-state index is 2.29. The third-order valence-corrected chi connectivity index (χ3v) is 7.27. The van der Waals surface area contributed by atoms with Crippen molar-refractivity contribution < 1.29 is 42.9 Å². The maximum Gasteiger partial charge on any atom is 0.0780 e. The highest BCUT2D eigenvalue weighted by Gasteiger charge is 2.05. The molecule has 0 heterocycles. The first-order valence-electron chi connectivity index (χ1n) is 11.1. The van der Waals surface area contributed by atoms with Crippen molar-refractivity contribution in [2.24, 2.45) is 0 Å². The van der Waals surface area contributed by atoms with Gasteiger partial charge in [-0.1, -0.05) is 60.1 Å². The first-order chi connectivity index (χ1) is 12.2. The maximum atomic E-state index is 2.29.